The van der Waals surface area contributed by atoms with E-state index < -0.39 is 38.8 Å². The Kier molecular flexibility index (Phi) is 3.89. The van der Waals surface area contributed by atoms with Crippen molar-refractivity contribution in [3.8, 4) is 0 Å². The Bertz CT molecular complexity index is 705. The average Bonchev–Trinajstić information content (AvgIpc) is 2.71. The Balaban J connectivity index is 2.17. The molecule has 1 aromatic rings. The normalized spacial score (nSPS) is 26.8. The summed E-state index contributed by atoms with van der Waals surface area (Å²) in [5.41, 5.74) is -4.97. The number of hydrogen-bond donors (Lipinski definition) is 0. The van der Waals surface area contributed by atoms with Crippen LogP contribution in [-0.2, 0) is 8.98 Å². The molecule has 1 aliphatic carbocycles. The molecule has 1 aliphatic heterocycles. The van der Waals surface area contributed by atoms with E-state index in [1.54, 1.807) is 0 Å². The molecule has 3 rings (SSSR count). The monoisotopic (exact) mass is 370 g/mol. The van der Waals surface area contributed by atoms with Gasteiger partial charge < -0.3 is 4.18 Å². The van der Waals surface area contributed by atoms with E-state index in [1.165, 1.54) is 24.3 Å². The molecule has 1 saturated carbocycles. The van der Waals surface area contributed by atoms with Crippen LogP contribution in [0.2, 0.25) is 0 Å². The SMILES string of the molecule is O=C(OS1(C(F)(F)F)C(C2CCC2)=Cc2ccccc21)C(F)(F)F. The highest BCUT2D eigenvalue weighted by atomic mass is 32.3. The molecule has 0 spiro atoms. The lowest BCUT2D eigenvalue weighted by atomic mass is 9.85. The van der Waals surface area contributed by atoms with Crippen LogP contribution < -0.4 is 0 Å². The van der Waals surface area contributed by atoms with Gasteiger partial charge >= 0.3 is 17.7 Å². The predicted octanol–water partition coefficient (Wildman–Crippen LogP) is 5.55. The lowest BCUT2D eigenvalue weighted by molar-refractivity contribution is -0.190. The fourth-order valence-corrected chi connectivity index (χ4v) is 5.93. The zero-order valence-electron chi connectivity index (χ0n) is 12.1. The number of carbonyl (C=O) groups is 1. The molecule has 0 bridgehead atoms. The van der Waals surface area contributed by atoms with Gasteiger partial charge in [-0.1, -0.05) is 24.6 Å². The Labute approximate surface area is 135 Å². The van der Waals surface area contributed by atoms with E-state index in [0.717, 1.165) is 6.07 Å². The molecule has 1 heterocycles. The van der Waals surface area contributed by atoms with Gasteiger partial charge in [-0.05, 0) is 36.5 Å². The molecular formula is C15H12F6O2S. The van der Waals surface area contributed by atoms with E-state index >= 15 is 0 Å². The largest absolute Gasteiger partial charge is 0.491 e. The quantitative estimate of drug-likeness (QED) is 0.639. The number of alkyl halides is 6. The van der Waals surface area contributed by atoms with Gasteiger partial charge in [-0.25, -0.2) is 4.79 Å². The summed E-state index contributed by atoms with van der Waals surface area (Å²) < 4.78 is 84.0. The molecule has 1 aromatic carbocycles. The smallest absolute Gasteiger partial charge is 0.392 e. The molecule has 0 radical (unpaired) electrons. The Morgan fingerprint density at radius 1 is 1.08 bits per heavy atom. The number of hydrogen-bond acceptors (Lipinski definition) is 2. The molecule has 132 valence electrons. The molecule has 1 atom stereocenters. The molecule has 1 fully saturated rings. The topological polar surface area (TPSA) is 26.3 Å². The molecule has 0 aromatic heterocycles. The standard InChI is InChI=1S/C15H12F6O2S/c16-14(17,18)13(22)23-24(15(19,20)21)11-7-2-1-4-10(11)8-12(24)9-5-3-6-9/h1-2,4,7-9H,3,5-6H2. The van der Waals surface area contributed by atoms with Gasteiger partial charge in [0.15, 0.2) is 0 Å². The molecule has 9 heteroatoms. The van der Waals surface area contributed by atoms with Gasteiger partial charge in [-0.15, -0.1) is 0 Å². The van der Waals surface area contributed by atoms with Crippen LogP contribution in [0.4, 0.5) is 26.3 Å². The third kappa shape index (κ3) is 2.49. The van der Waals surface area contributed by atoms with Crippen molar-refractivity contribution in [1.29, 1.82) is 0 Å². The second-order valence-corrected chi connectivity index (χ2v) is 8.24. The zero-order valence-corrected chi connectivity index (χ0v) is 12.9. The van der Waals surface area contributed by atoms with E-state index in [0.29, 0.717) is 19.3 Å². The minimum atomic E-state index is -5.49. The summed E-state index contributed by atoms with van der Waals surface area (Å²) in [6.45, 7) is 0. The van der Waals surface area contributed by atoms with Gasteiger partial charge in [0.25, 0.3) is 0 Å². The van der Waals surface area contributed by atoms with Crippen LogP contribution in [0, 0.1) is 5.92 Å². The first kappa shape index (κ1) is 17.2. The fourth-order valence-electron chi connectivity index (χ4n) is 2.83. The number of carbonyl (C=O) groups excluding carboxylic acids is 1. The molecule has 0 saturated heterocycles. The third-order valence-corrected chi connectivity index (χ3v) is 7.28. The second-order valence-electron chi connectivity index (χ2n) is 5.58. The van der Waals surface area contributed by atoms with Crippen molar-refractivity contribution < 1.29 is 35.3 Å². The van der Waals surface area contributed by atoms with Crippen molar-refractivity contribution in [2.24, 2.45) is 5.92 Å². The van der Waals surface area contributed by atoms with Crippen LogP contribution in [0.5, 0.6) is 0 Å². The van der Waals surface area contributed by atoms with Gasteiger partial charge in [0.2, 0.25) is 0 Å². The van der Waals surface area contributed by atoms with E-state index in [9.17, 15) is 31.1 Å². The molecule has 24 heavy (non-hydrogen) atoms. The van der Waals surface area contributed by atoms with Gasteiger partial charge in [0, 0.05) is 9.80 Å². The Hall–Kier alpha value is -1.64. The van der Waals surface area contributed by atoms with Crippen LogP contribution in [0.25, 0.3) is 6.08 Å². The summed E-state index contributed by atoms with van der Waals surface area (Å²) in [6.07, 6.45) is -2.68. The van der Waals surface area contributed by atoms with Crippen molar-refractivity contribution in [3.63, 3.8) is 0 Å². The Morgan fingerprint density at radius 3 is 2.21 bits per heavy atom. The van der Waals surface area contributed by atoms with Crippen molar-refractivity contribution >= 4 is 22.4 Å². The summed E-state index contributed by atoms with van der Waals surface area (Å²) in [6, 6.07) is 5.26. The van der Waals surface area contributed by atoms with E-state index in [4.69, 9.17) is 0 Å². The first-order valence-electron chi connectivity index (χ1n) is 7.08. The number of fused-ring (bicyclic) bond motifs is 1. The first-order valence-corrected chi connectivity index (χ1v) is 8.64. The van der Waals surface area contributed by atoms with Gasteiger partial charge in [0.1, 0.15) is 0 Å². The summed E-state index contributed by atoms with van der Waals surface area (Å²) in [5, 5.41) is 0. The summed E-state index contributed by atoms with van der Waals surface area (Å²) in [5.74, 6) is -3.33. The summed E-state index contributed by atoms with van der Waals surface area (Å²) >= 11 is 0. The van der Waals surface area contributed by atoms with Gasteiger partial charge in [0.05, 0.1) is 10.3 Å². The first-order chi connectivity index (χ1) is 11.1. The number of benzene rings is 1. The second kappa shape index (κ2) is 5.44. The van der Waals surface area contributed by atoms with Crippen LogP contribution in [0.3, 0.4) is 0 Å². The van der Waals surface area contributed by atoms with Gasteiger partial charge in [-0.3, -0.25) is 0 Å². The van der Waals surface area contributed by atoms with Gasteiger partial charge in [-0.2, -0.15) is 26.3 Å². The highest BCUT2D eigenvalue weighted by Crippen LogP contribution is 2.79. The maximum absolute atomic E-state index is 14.0. The Morgan fingerprint density at radius 2 is 1.71 bits per heavy atom. The van der Waals surface area contributed by atoms with Crippen molar-refractivity contribution in [2.45, 2.75) is 35.8 Å². The van der Waals surface area contributed by atoms with Crippen molar-refractivity contribution in [3.05, 3.63) is 34.7 Å². The van der Waals surface area contributed by atoms with Crippen LogP contribution >= 0.6 is 10.3 Å². The minimum absolute atomic E-state index is 0.154. The fraction of sp³-hybridized carbons (Fsp3) is 0.400. The third-order valence-electron chi connectivity index (χ3n) is 4.12. The lowest BCUT2D eigenvalue weighted by Crippen LogP contribution is -2.34. The molecule has 0 N–H and O–H groups in total. The lowest BCUT2D eigenvalue weighted by Gasteiger charge is -2.43. The highest BCUT2D eigenvalue weighted by molar-refractivity contribution is 8.34. The highest BCUT2D eigenvalue weighted by Gasteiger charge is 2.63. The van der Waals surface area contributed by atoms with E-state index in [-0.39, 0.29) is 10.5 Å². The molecule has 2 nitrogen and oxygen atoms in total. The summed E-state index contributed by atoms with van der Waals surface area (Å²) in [7, 11) is -4.53. The maximum atomic E-state index is 14.0. The van der Waals surface area contributed by atoms with Crippen molar-refractivity contribution in [1.82, 2.24) is 0 Å². The number of halogens is 6. The van der Waals surface area contributed by atoms with Crippen LogP contribution in [-0.4, -0.2) is 17.7 Å². The maximum Gasteiger partial charge on any atom is 0.491 e. The van der Waals surface area contributed by atoms with E-state index in [1.807, 2.05) is 0 Å². The molecule has 2 aliphatic rings. The van der Waals surface area contributed by atoms with Crippen LogP contribution in [0.15, 0.2) is 34.1 Å². The van der Waals surface area contributed by atoms with Crippen LogP contribution in [0.1, 0.15) is 24.8 Å². The molecular weight excluding hydrogens is 358 g/mol. The predicted molar refractivity (Wildman–Crippen MR) is 75.8 cm³/mol. The molecule has 0 amide bonds. The minimum Gasteiger partial charge on any atom is -0.392 e. The average molecular weight is 370 g/mol. The van der Waals surface area contributed by atoms with Crippen molar-refractivity contribution in [2.75, 3.05) is 0 Å². The molecule has 1 unspecified atom stereocenters. The summed E-state index contributed by atoms with van der Waals surface area (Å²) in [4.78, 5) is 10.7. The number of allylic oxidation sites excluding steroid dienone is 1. The van der Waals surface area contributed by atoms with E-state index in [2.05, 4.69) is 4.18 Å². The number of rotatable bonds is 2. The zero-order chi connectivity index (χ0) is 17.8.